The van der Waals surface area contributed by atoms with Crippen LogP contribution in [0.2, 0.25) is 0 Å². The van der Waals surface area contributed by atoms with Crippen molar-refractivity contribution in [2.45, 2.75) is 0 Å². The number of halogens is 1. The fourth-order valence-electron chi connectivity index (χ4n) is 2.34. The molecule has 0 fully saturated rings. The molecule has 0 radical (unpaired) electrons. The summed E-state index contributed by atoms with van der Waals surface area (Å²) in [5.74, 6) is 0.0405. The number of nitrogen functional groups attached to an aromatic ring is 1. The summed E-state index contributed by atoms with van der Waals surface area (Å²) in [7, 11) is 3.94. The number of anilines is 2. The van der Waals surface area contributed by atoms with E-state index in [1.54, 1.807) is 18.2 Å². The molecule has 1 heterocycles. The van der Waals surface area contributed by atoms with Crippen molar-refractivity contribution < 1.29 is 4.39 Å². The highest BCUT2D eigenvalue weighted by Crippen LogP contribution is 2.31. The molecule has 3 rings (SSSR count). The summed E-state index contributed by atoms with van der Waals surface area (Å²) in [6.07, 6.45) is 0. The third-order valence-corrected chi connectivity index (χ3v) is 3.51. The monoisotopic (exact) mass is 281 g/mol. The number of nitrogens with two attached hydrogens (primary N) is 1. The Balaban J connectivity index is 2.21. The fourth-order valence-corrected chi connectivity index (χ4v) is 2.34. The molecule has 0 bridgehead atoms. The normalized spacial score (nSPS) is 10.8. The van der Waals surface area contributed by atoms with Crippen molar-refractivity contribution in [3.05, 3.63) is 54.3 Å². The van der Waals surface area contributed by atoms with Gasteiger partial charge in [-0.1, -0.05) is 24.3 Å². The molecule has 3 aromatic rings. The molecule has 3 nitrogen and oxygen atoms in total. The van der Waals surface area contributed by atoms with Gasteiger partial charge in [0.15, 0.2) is 0 Å². The van der Waals surface area contributed by atoms with E-state index >= 15 is 0 Å². The van der Waals surface area contributed by atoms with E-state index in [2.05, 4.69) is 4.98 Å². The summed E-state index contributed by atoms with van der Waals surface area (Å²) in [5, 5.41) is 0.938. The first-order chi connectivity index (χ1) is 10.1. The van der Waals surface area contributed by atoms with Gasteiger partial charge < -0.3 is 10.6 Å². The van der Waals surface area contributed by atoms with E-state index in [4.69, 9.17) is 5.73 Å². The molecule has 0 saturated carbocycles. The number of benzene rings is 2. The van der Waals surface area contributed by atoms with Gasteiger partial charge in [-0.2, -0.15) is 0 Å². The molecular weight excluding hydrogens is 265 g/mol. The lowest BCUT2D eigenvalue weighted by molar-refractivity contribution is 0.631. The Morgan fingerprint density at radius 1 is 1.00 bits per heavy atom. The third kappa shape index (κ3) is 2.40. The Labute approximate surface area is 122 Å². The molecule has 2 aromatic carbocycles. The average molecular weight is 281 g/mol. The van der Waals surface area contributed by atoms with Gasteiger partial charge >= 0.3 is 0 Å². The molecule has 2 N–H and O–H groups in total. The van der Waals surface area contributed by atoms with Crippen molar-refractivity contribution in [1.29, 1.82) is 0 Å². The van der Waals surface area contributed by atoms with Gasteiger partial charge in [-0.05, 0) is 24.3 Å². The summed E-state index contributed by atoms with van der Waals surface area (Å²) < 4.78 is 13.9. The quantitative estimate of drug-likeness (QED) is 0.779. The first-order valence-electron chi connectivity index (χ1n) is 6.69. The minimum atomic E-state index is -0.296. The molecule has 0 amide bonds. The molecule has 0 aliphatic carbocycles. The maximum atomic E-state index is 13.9. The van der Waals surface area contributed by atoms with E-state index in [0.29, 0.717) is 16.9 Å². The predicted molar refractivity (Wildman–Crippen MR) is 85.9 cm³/mol. The molecule has 0 atom stereocenters. The lowest BCUT2D eigenvalue weighted by Crippen LogP contribution is -2.08. The Hall–Kier alpha value is -2.62. The van der Waals surface area contributed by atoms with Crippen molar-refractivity contribution in [3.63, 3.8) is 0 Å². The van der Waals surface area contributed by atoms with Crippen LogP contribution in [-0.2, 0) is 0 Å². The van der Waals surface area contributed by atoms with Crippen molar-refractivity contribution >= 4 is 22.4 Å². The van der Waals surface area contributed by atoms with E-state index in [1.807, 2.05) is 43.3 Å². The lowest BCUT2D eigenvalue weighted by Gasteiger charge is -2.14. The Kier molecular flexibility index (Phi) is 3.22. The topological polar surface area (TPSA) is 42.1 Å². The summed E-state index contributed by atoms with van der Waals surface area (Å²) in [5.41, 5.74) is 8.97. The van der Waals surface area contributed by atoms with Gasteiger partial charge in [0.2, 0.25) is 0 Å². The second kappa shape index (κ2) is 5.05. The lowest BCUT2D eigenvalue weighted by atomic mass is 10.0. The second-order valence-corrected chi connectivity index (χ2v) is 5.17. The Morgan fingerprint density at radius 2 is 1.76 bits per heavy atom. The number of aromatic nitrogens is 1. The van der Waals surface area contributed by atoms with Gasteiger partial charge in [0.05, 0.1) is 5.52 Å². The maximum absolute atomic E-state index is 13.9. The van der Waals surface area contributed by atoms with Crippen LogP contribution in [0.3, 0.4) is 0 Å². The standard InChI is InChI=1S/C17H16FN3/c1-21(2)12-8-7-11-9-14(17(19)20-16(11)10-12)13-5-3-4-6-15(13)18/h3-10H,1-2H3,(H2,19,20). The van der Waals surface area contributed by atoms with Crippen LogP contribution < -0.4 is 10.6 Å². The minimum Gasteiger partial charge on any atom is -0.383 e. The van der Waals surface area contributed by atoms with Gasteiger partial charge in [-0.25, -0.2) is 9.37 Å². The van der Waals surface area contributed by atoms with E-state index in [1.165, 1.54) is 6.07 Å². The van der Waals surface area contributed by atoms with Crippen molar-refractivity contribution in [2.75, 3.05) is 24.7 Å². The number of hydrogen-bond donors (Lipinski definition) is 1. The maximum Gasteiger partial charge on any atom is 0.132 e. The number of fused-ring (bicyclic) bond motifs is 1. The molecule has 4 heteroatoms. The van der Waals surface area contributed by atoms with Crippen LogP contribution in [0.25, 0.3) is 22.0 Å². The molecular formula is C17H16FN3. The highest BCUT2D eigenvalue weighted by Gasteiger charge is 2.11. The summed E-state index contributed by atoms with van der Waals surface area (Å²) in [4.78, 5) is 6.42. The second-order valence-electron chi connectivity index (χ2n) is 5.17. The minimum absolute atomic E-state index is 0.296. The van der Waals surface area contributed by atoms with Gasteiger partial charge in [0.1, 0.15) is 11.6 Å². The van der Waals surface area contributed by atoms with E-state index in [-0.39, 0.29) is 5.82 Å². The van der Waals surface area contributed by atoms with Gasteiger partial charge in [-0.3, -0.25) is 0 Å². The average Bonchev–Trinajstić information content (AvgIpc) is 2.46. The van der Waals surface area contributed by atoms with Crippen LogP contribution in [0, 0.1) is 5.82 Å². The SMILES string of the molecule is CN(C)c1ccc2cc(-c3ccccc3F)c(N)nc2c1. The summed E-state index contributed by atoms with van der Waals surface area (Å²) >= 11 is 0. The van der Waals surface area contributed by atoms with Gasteiger partial charge in [-0.15, -0.1) is 0 Å². The molecule has 0 saturated heterocycles. The van der Waals surface area contributed by atoms with E-state index < -0.39 is 0 Å². The summed E-state index contributed by atoms with van der Waals surface area (Å²) in [6, 6.07) is 14.4. The molecule has 106 valence electrons. The molecule has 21 heavy (non-hydrogen) atoms. The zero-order chi connectivity index (χ0) is 15.0. The first kappa shape index (κ1) is 13.4. The molecule has 0 spiro atoms. The highest BCUT2D eigenvalue weighted by molar-refractivity contribution is 5.90. The van der Waals surface area contributed by atoms with Crippen LogP contribution in [-0.4, -0.2) is 19.1 Å². The Bertz CT molecular complexity index is 812. The number of rotatable bonds is 2. The van der Waals surface area contributed by atoms with Crippen LogP contribution >= 0.6 is 0 Å². The molecule has 0 unspecified atom stereocenters. The van der Waals surface area contributed by atoms with Crippen LogP contribution in [0.4, 0.5) is 15.9 Å². The van der Waals surface area contributed by atoms with Crippen molar-refractivity contribution in [2.24, 2.45) is 0 Å². The van der Waals surface area contributed by atoms with Crippen LogP contribution in [0.15, 0.2) is 48.5 Å². The van der Waals surface area contributed by atoms with Crippen LogP contribution in [0.5, 0.6) is 0 Å². The smallest absolute Gasteiger partial charge is 0.132 e. The van der Waals surface area contributed by atoms with Crippen molar-refractivity contribution in [3.8, 4) is 11.1 Å². The third-order valence-electron chi connectivity index (χ3n) is 3.51. The zero-order valence-electron chi connectivity index (χ0n) is 12.0. The van der Waals surface area contributed by atoms with E-state index in [9.17, 15) is 4.39 Å². The number of pyridine rings is 1. The van der Waals surface area contributed by atoms with E-state index in [0.717, 1.165) is 16.6 Å². The zero-order valence-corrected chi connectivity index (χ0v) is 12.0. The van der Waals surface area contributed by atoms with Gasteiger partial charge in [0, 0.05) is 36.3 Å². The summed E-state index contributed by atoms with van der Waals surface area (Å²) in [6.45, 7) is 0. The number of nitrogens with zero attached hydrogens (tertiary/aromatic N) is 2. The number of hydrogen-bond acceptors (Lipinski definition) is 3. The molecule has 0 aliphatic rings. The van der Waals surface area contributed by atoms with Crippen LogP contribution in [0.1, 0.15) is 0 Å². The van der Waals surface area contributed by atoms with Gasteiger partial charge in [0.25, 0.3) is 0 Å². The fraction of sp³-hybridized carbons (Fsp3) is 0.118. The molecule has 1 aromatic heterocycles. The Morgan fingerprint density at radius 3 is 2.48 bits per heavy atom. The van der Waals surface area contributed by atoms with Crippen molar-refractivity contribution in [1.82, 2.24) is 4.98 Å². The first-order valence-corrected chi connectivity index (χ1v) is 6.69. The predicted octanol–water partition coefficient (Wildman–Crippen LogP) is 3.69. The largest absolute Gasteiger partial charge is 0.383 e. The molecule has 0 aliphatic heterocycles. The highest BCUT2D eigenvalue weighted by atomic mass is 19.1.